The fourth-order valence-electron chi connectivity index (χ4n) is 2.26. The average Bonchev–Trinajstić information content (AvgIpc) is 2.56. The van der Waals surface area contributed by atoms with Crippen molar-refractivity contribution in [3.05, 3.63) is 56.8 Å². The lowest BCUT2D eigenvalue weighted by Crippen LogP contribution is -2.10. The zero-order chi connectivity index (χ0) is 18.4. The molecule has 0 spiro atoms. The smallest absolute Gasteiger partial charge is 0.306 e. The number of Topliss-reactive ketones (excluding diaryl/α,β-unsaturated/α-hetero) is 1. The lowest BCUT2D eigenvalue weighted by molar-refractivity contribution is -0.143. The third-order valence-corrected chi connectivity index (χ3v) is 4.24. The van der Waals surface area contributed by atoms with Gasteiger partial charge < -0.3 is 9.84 Å². The van der Waals surface area contributed by atoms with Crippen molar-refractivity contribution >= 4 is 39.3 Å². The molecule has 132 valence electrons. The number of benzene rings is 1. The predicted molar refractivity (Wildman–Crippen MR) is 98.1 cm³/mol. The summed E-state index contributed by atoms with van der Waals surface area (Å²) < 4.78 is 5.17. The molecular weight excluding hydrogens is 410 g/mol. The van der Waals surface area contributed by atoms with Gasteiger partial charge in [0.15, 0.2) is 11.5 Å². The zero-order valence-corrected chi connectivity index (χ0v) is 15.9. The highest BCUT2D eigenvalue weighted by Gasteiger charge is 2.19. The van der Waals surface area contributed by atoms with E-state index in [0.29, 0.717) is 21.6 Å². The van der Waals surface area contributed by atoms with E-state index in [1.54, 1.807) is 19.1 Å². The normalized spacial score (nSPS) is 10.5. The van der Waals surface area contributed by atoms with Crippen molar-refractivity contribution in [1.82, 2.24) is 4.98 Å². The number of aromatic hydroxyl groups is 1. The number of esters is 1. The summed E-state index contributed by atoms with van der Waals surface area (Å²) in [6.45, 7) is 1.96. The minimum Gasteiger partial charge on any atom is -0.504 e. The molecule has 1 heterocycles. The van der Waals surface area contributed by atoms with Crippen LogP contribution in [0.25, 0.3) is 0 Å². The third kappa shape index (κ3) is 5.54. The standard InChI is InChI=1S/C18H17BrClNO4/c1-2-25-16(23)7-6-15(22)17-18(24)14(19)10-13(21-17)9-11-4-3-5-12(20)8-11/h3-5,8,10,24H,2,6-7,9H2,1H3. The summed E-state index contributed by atoms with van der Waals surface area (Å²) in [6, 6.07) is 8.97. The number of carbonyl (C=O) groups excluding carboxylic acids is 2. The van der Waals surface area contributed by atoms with Crippen LogP contribution >= 0.6 is 27.5 Å². The van der Waals surface area contributed by atoms with E-state index in [2.05, 4.69) is 20.9 Å². The van der Waals surface area contributed by atoms with Gasteiger partial charge in [0.05, 0.1) is 17.5 Å². The first-order valence-electron chi connectivity index (χ1n) is 7.72. The van der Waals surface area contributed by atoms with Gasteiger partial charge >= 0.3 is 5.97 Å². The second-order valence-electron chi connectivity index (χ2n) is 5.33. The van der Waals surface area contributed by atoms with Crippen LogP contribution in [0.4, 0.5) is 0 Å². The Labute approximate surface area is 159 Å². The summed E-state index contributed by atoms with van der Waals surface area (Å²) in [4.78, 5) is 28.0. The lowest BCUT2D eigenvalue weighted by Gasteiger charge is -2.09. The Morgan fingerprint density at radius 2 is 2.04 bits per heavy atom. The first-order valence-corrected chi connectivity index (χ1v) is 8.89. The van der Waals surface area contributed by atoms with Gasteiger partial charge in [-0.05, 0) is 46.6 Å². The Morgan fingerprint density at radius 1 is 1.28 bits per heavy atom. The molecule has 0 unspecified atom stereocenters. The van der Waals surface area contributed by atoms with Crippen LogP contribution in [-0.2, 0) is 16.0 Å². The Morgan fingerprint density at radius 3 is 2.72 bits per heavy atom. The van der Waals surface area contributed by atoms with Crippen molar-refractivity contribution in [1.29, 1.82) is 0 Å². The molecule has 25 heavy (non-hydrogen) atoms. The number of hydrogen-bond donors (Lipinski definition) is 1. The Hall–Kier alpha value is -1.92. The number of rotatable bonds is 7. The number of halogens is 2. The number of aromatic nitrogens is 1. The SMILES string of the molecule is CCOC(=O)CCC(=O)c1nc(Cc2cccc(Cl)c2)cc(Br)c1O. The van der Waals surface area contributed by atoms with Gasteiger partial charge in [0, 0.05) is 23.6 Å². The van der Waals surface area contributed by atoms with E-state index in [1.165, 1.54) is 0 Å². The highest BCUT2D eigenvalue weighted by molar-refractivity contribution is 9.10. The van der Waals surface area contributed by atoms with Crippen molar-refractivity contribution in [2.75, 3.05) is 6.61 Å². The molecule has 0 fully saturated rings. The fourth-order valence-corrected chi connectivity index (χ4v) is 2.93. The molecule has 1 N–H and O–H groups in total. The van der Waals surface area contributed by atoms with Crippen molar-refractivity contribution in [3.8, 4) is 5.75 Å². The number of pyridine rings is 1. The highest BCUT2D eigenvalue weighted by atomic mass is 79.9. The molecule has 7 heteroatoms. The van der Waals surface area contributed by atoms with E-state index >= 15 is 0 Å². The summed E-state index contributed by atoms with van der Waals surface area (Å²) in [5.74, 6) is -1.10. The quantitative estimate of drug-likeness (QED) is 0.527. The number of ether oxygens (including phenoxy) is 1. The summed E-state index contributed by atoms with van der Waals surface area (Å²) in [5, 5.41) is 10.7. The molecule has 2 rings (SSSR count). The van der Waals surface area contributed by atoms with Crippen molar-refractivity contribution < 1.29 is 19.4 Å². The molecule has 0 aliphatic carbocycles. The van der Waals surface area contributed by atoms with Gasteiger partial charge in [0.25, 0.3) is 0 Å². The van der Waals surface area contributed by atoms with E-state index in [4.69, 9.17) is 16.3 Å². The van der Waals surface area contributed by atoms with Gasteiger partial charge in [0.1, 0.15) is 5.69 Å². The molecule has 2 aromatic rings. The fraction of sp³-hybridized carbons (Fsp3) is 0.278. The summed E-state index contributed by atoms with van der Waals surface area (Å²) in [5.41, 5.74) is 1.48. The maximum atomic E-state index is 12.3. The molecule has 0 aliphatic heterocycles. The average molecular weight is 427 g/mol. The molecule has 0 saturated heterocycles. The van der Waals surface area contributed by atoms with Crippen molar-refractivity contribution in [3.63, 3.8) is 0 Å². The Kier molecular flexibility index (Phi) is 6.96. The van der Waals surface area contributed by atoms with Crippen LogP contribution < -0.4 is 0 Å². The lowest BCUT2D eigenvalue weighted by atomic mass is 10.1. The highest BCUT2D eigenvalue weighted by Crippen LogP contribution is 2.29. The van der Waals surface area contributed by atoms with Gasteiger partial charge in [0.2, 0.25) is 0 Å². The van der Waals surface area contributed by atoms with E-state index in [9.17, 15) is 14.7 Å². The van der Waals surface area contributed by atoms with Gasteiger partial charge in [-0.2, -0.15) is 0 Å². The van der Waals surface area contributed by atoms with Crippen LogP contribution in [0.2, 0.25) is 5.02 Å². The molecule has 1 aromatic carbocycles. The van der Waals surface area contributed by atoms with E-state index < -0.39 is 11.8 Å². The maximum Gasteiger partial charge on any atom is 0.306 e. The third-order valence-electron chi connectivity index (χ3n) is 3.40. The zero-order valence-electron chi connectivity index (χ0n) is 13.6. The minimum absolute atomic E-state index is 0.0517. The van der Waals surface area contributed by atoms with Gasteiger partial charge in [-0.15, -0.1) is 0 Å². The van der Waals surface area contributed by atoms with Crippen molar-refractivity contribution in [2.45, 2.75) is 26.2 Å². The summed E-state index contributed by atoms with van der Waals surface area (Å²) in [7, 11) is 0. The van der Waals surface area contributed by atoms with Crippen LogP contribution in [0, 0.1) is 0 Å². The molecular formula is C18H17BrClNO4. The minimum atomic E-state index is -0.454. The molecule has 0 atom stereocenters. The molecule has 0 amide bonds. The van der Waals surface area contributed by atoms with E-state index in [1.807, 2.05) is 18.2 Å². The summed E-state index contributed by atoms with van der Waals surface area (Å²) >= 11 is 9.22. The molecule has 0 bridgehead atoms. The largest absolute Gasteiger partial charge is 0.504 e. The second kappa shape index (κ2) is 8.97. The maximum absolute atomic E-state index is 12.3. The van der Waals surface area contributed by atoms with Crippen LogP contribution in [-0.4, -0.2) is 28.4 Å². The number of ketones is 1. The number of nitrogens with zero attached hydrogens (tertiary/aromatic N) is 1. The predicted octanol–water partition coefficient (Wildman–Crippen LogP) is 4.32. The first-order chi connectivity index (χ1) is 11.9. The molecule has 1 aromatic heterocycles. The van der Waals surface area contributed by atoms with Gasteiger partial charge in [-0.3, -0.25) is 9.59 Å². The van der Waals surface area contributed by atoms with Gasteiger partial charge in [-0.1, -0.05) is 23.7 Å². The monoisotopic (exact) mass is 425 g/mol. The number of hydrogen-bond acceptors (Lipinski definition) is 5. The van der Waals surface area contributed by atoms with Crippen molar-refractivity contribution in [2.24, 2.45) is 0 Å². The topological polar surface area (TPSA) is 76.5 Å². The molecule has 0 saturated carbocycles. The van der Waals surface area contributed by atoms with E-state index in [0.717, 1.165) is 5.56 Å². The molecule has 0 aliphatic rings. The van der Waals surface area contributed by atoms with Crippen LogP contribution in [0.3, 0.4) is 0 Å². The van der Waals surface area contributed by atoms with E-state index in [-0.39, 0.29) is 30.9 Å². The Balaban J connectivity index is 2.19. The number of carbonyl (C=O) groups is 2. The first kappa shape index (κ1) is 19.4. The van der Waals surface area contributed by atoms with Crippen LogP contribution in [0.15, 0.2) is 34.8 Å². The molecule has 5 nitrogen and oxygen atoms in total. The van der Waals surface area contributed by atoms with Crippen LogP contribution in [0.1, 0.15) is 41.5 Å². The van der Waals surface area contributed by atoms with Gasteiger partial charge in [-0.25, -0.2) is 4.98 Å². The Bertz CT molecular complexity index is 795. The van der Waals surface area contributed by atoms with Crippen LogP contribution in [0.5, 0.6) is 5.75 Å². The molecule has 0 radical (unpaired) electrons. The second-order valence-corrected chi connectivity index (χ2v) is 6.62. The summed E-state index contributed by atoms with van der Waals surface area (Å²) in [6.07, 6.45) is 0.327.